The summed E-state index contributed by atoms with van der Waals surface area (Å²) in [6, 6.07) is 38.8. The maximum absolute atomic E-state index is 14.4. The van der Waals surface area contributed by atoms with E-state index in [2.05, 4.69) is 48.5 Å². The fourth-order valence-electron chi connectivity index (χ4n) is 4.01. The van der Waals surface area contributed by atoms with Crippen LogP contribution in [0.5, 0.6) is 0 Å². The summed E-state index contributed by atoms with van der Waals surface area (Å²) in [7, 11) is -2.72. The van der Waals surface area contributed by atoms with Gasteiger partial charge in [0, 0.05) is 22.8 Å². The van der Waals surface area contributed by atoms with E-state index in [1.807, 2.05) is 72.8 Å². The number of hydrogen-bond donors (Lipinski definition) is 0. The van der Waals surface area contributed by atoms with Crippen molar-refractivity contribution in [1.29, 1.82) is 0 Å². The Labute approximate surface area is 190 Å². The topological polar surface area (TPSA) is 17.1 Å². The minimum atomic E-state index is -2.72. The van der Waals surface area contributed by atoms with Crippen molar-refractivity contribution in [1.82, 2.24) is 0 Å². The van der Waals surface area contributed by atoms with Gasteiger partial charge in [0.1, 0.15) is 7.14 Å². The largest absolute Gasteiger partial charge is 0.314 e. The van der Waals surface area contributed by atoms with Gasteiger partial charge >= 0.3 is 0 Å². The molecule has 4 rings (SSSR count). The summed E-state index contributed by atoms with van der Waals surface area (Å²) in [5.74, 6) is 0. The summed E-state index contributed by atoms with van der Waals surface area (Å²) in [6.07, 6.45) is 2.31. The highest BCUT2D eigenvalue weighted by Gasteiger charge is 2.29. The maximum Gasteiger partial charge on any atom is 0.143 e. The van der Waals surface area contributed by atoms with Gasteiger partial charge in [0.05, 0.1) is 0 Å². The molecule has 1 nitrogen and oxygen atoms in total. The molecule has 0 aliphatic carbocycles. The van der Waals surface area contributed by atoms with E-state index in [9.17, 15) is 4.57 Å². The summed E-state index contributed by atoms with van der Waals surface area (Å²) in [5, 5.41) is 4.30. The van der Waals surface area contributed by atoms with Crippen molar-refractivity contribution in [2.24, 2.45) is 0 Å². The van der Waals surface area contributed by atoms with Crippen LogP contribution < -0.4 is 21.2 Å². The molecule has 4 aromatic carbocycles. The normalized spacial score (nSPS) is 11.9. The smallest absolute Gasteiger partial charge is 0.143 e. The van der Waals surface area contributed by atoms with Gasteiger partial charge < -0.3 is 4.57 Å². The summed E-state index contributed by atoms with van der Waals surface area (Å²) < 4.78 is 14.4. The Morgan fingerprint density at radius 3 is 1.16 bits per heavy atom. The molecule has 156 valence electrons. The van der Waals surface area contributed by atoms with Gasteiger partial charge in [-0.25, -0.2) is 0 Å². The number of rotatable bonds is 8. The molecular weight excluding hydrogens is 434 g/mol. The third-order valence-corrected chi connectivity index (χ3v) is 13.9. The molecule has 0 aliphatic rings. The van der Waals surface area contributed by atoms with E-state index in [1.54, 1.807) is 0 Å². The van der Waals surface area contributed by atoms with Gasteiger partial charge in [0.15, 0.2) is 0 Å². The molecule has 4 aromatic rings. The molecule has 0 spiro atoms. The minimum Gasteiger partial charge on any atom is -0.314 e. The second-order valence-electron chi connectivity index (χ2n) is 7.62. The van der Waals surface area contributed by atoms with Crippen LogP contribution in [0.15, 0.2) is 121 Å². The first-order chi connectivity index (χ1) is 15.1. The SMILES string of the molecule is O=P(CCCP(=S)(c1ccccc1)c1ccccc1)(c1ccccc1)c1ccccc1. The Balaban J connectivity index is 1.66. The molecule has 4 heteroatoms. The van der Waals surface area contributed by atoms with Crippen LogP contribution in [0.4, 0.5) is 0 Å². The monoisotopic (exact) mass is 460 g/mol. The highest BCUT2D eigenvalue weighted by molar-refractivity contribution is 8.21. The molecule has 31 heavy (non-hydrogen) atoms. The standard InChI is InChI=1S/C27H26OP2S/c28-29(24-14-5-1-6-15-24,25-16-7-2-8-17-25)22-13-23-30(31,26-18-9-3-10-19-26)27-20-11-4-12-21-27/h1-12,14-21H,13,22-23H2. The van der Waals surface area contributed by atoms with E-state index >= 15 is 0 Å². The fourth-order valence-corrected chi connectivity index (χ4v) is 10.8. The van der Waals surface area contributed by atoms with Crippen molar-refractivity contribution in [3.05, 3.63) is 121 Å². The van der Waals surface area contributed by atoms with Crippen LogP contribution in [-0.2, 0) is 16.4 Å². The first-order valence-electron chi connectivity index (χ1n) is 10.5. The molecule has 0 N–H and O–H groups in total. The Kier molecular flexibility index (Phi) is 7.03. The van der Waals surface area contributed by atoms with Crippen molar-refractivity contribution >= 4 is 46.2 Å². The molecule has 0 bridgehead atoms. The second kappa shape index (κ2) is 9.92. The van der Waals surface area contributed by atoms with E-state index < -0.39 is 13.2 Å². The van der Waals surface area contributed by atoms with Gasteiger partial charge in [0.2, 0.25) is 0 Å². The van der Waals surface area contributed by atoms with E-state index in [0.29, 0.717) is 6.16 Å². The zero-order valence-corrected chi connectivity index (χ0v) is 20.0. The molecule has 0 amide bonds. The molecule has 0 heterocycles. The van der Waals surface area contributed by atoms with E-state index in [4.69, 9.17) is 11.8 Å². The first kappa shape index (κ1) is 22.0. The predicted octanol–water partition coefficient (Wildman–Crippen LogP) is 5.52. The van der Waals surface area contributed by atoms with Gasteiger partial charge in [-0.05, 0) is 23.2 Å². The molecule has 0 unspecified atom stereocenters. The van der Waals surface area contributed by atoms with E-state index in [-0.39, 0.29) is 0 Å². The molecule has 0 aromatic heterocycles. The molecule has 0 fully saturated rings. The summed E-state index contributed by atoms with van der Waals surface area (Å²) in [6.45, 7) is 0. The zero-order valence-electron chi connectivity index (χ0n) is 17.4. The van der Waals surface area contributed by atoms with Crippen LogP contribution in [0.2, 0.25) is 0 Å². The second-order valence-corrected chi connectivity index (χ2v) is 15.4. The summed E-state index contributed by atoms with van der Waals surface area (Å²) in [4.78, 5) is 0. The minimum absolute atomic E-state index is 0.624. The van der Waals surface area contributed by atoms with Crippen molar-refractivity contribution in [2.45, 2.75) is 6.42 Å². The first-order valence-corrected chi connectivity index (χ1v) is 15.4. The van der Waals surface area contributed by atoms with E-state index in [1.165, 1.54) is 10.6 Å². The zero-order chi connectivity index (χ0) is 21.6. The van der Waals surface area contributed by atoms with Gasteiger partial charge in [0.25, 0.3) is 0 Å². The van der Waals surface area contributed by atoms with Gasteiger partial charge in [-0.1, -0.05) is 133 Å². The fraction of sp³-hybridized carbons (Fsp3) is 0.111. The molecular formula is C27H26OP2S. The quantitative estimate of drug-likeness (QED) is 0.322. The average Bonchev–Trinajstić information content (AvgIpc) is 2.86. The lowest BCUT2D eigenvalue weighted by atomic mass is 10.4. The molecule has 0 saturated carbocycles. The molecule has 0 aliphatic heterocycles. The lowest BCUT2D eigenvalue weighted by Gasteiger charge is -2.25. The molecule has 0 radical (unpaired) electrons. The number of hydrogen-bond acceptors (Lipinski definition) is 2. The predicted molar refractivity (Wildman–Crippen MR) is 141 cm³/mol. The summed E-state index contributed by atoms with van der Waals surface area (Å²) >= 11 is 6.38. The third-order valence-electron chi connectivity index (χ3n) is 5.64. The van der Waals surface area contributed by atoms with Gasteiger partial charge in [-0.15, -0.1) is 0 Å². The van der Waals surface area contributed by atoms with Crippen molar-refractivity contribution in [3.63, 3.8) is 0 Å². The summed E-state index contributed by atoms with van der Waals surface area (Å²) in [5.41, 5.74) is 0. The van der Waals surface area contributed by atoms with Crippen molar-refractivity contribution < 1.29 is 4.57 Å². The highest BCUT2D eigenvalue weighted by Crippen LogP contribution is 2.48. The van der Waals surface area contributed by atoms with Gasteiger partial charge in [-0.3, -0.25) is 0 Å². The van der Waals surface area contributed by atoms with Gasteiger partial charge in [-0.2, -0.15) is 0 Å². The maximum atomic E-state index is 14.4. The lowest BCUT2D eigenvalue weighted by Crippen LogP contribution is -2.21. The third kappa shape index (κ3) is 4.83. The highest BCUT2D eigenvalue weighted by atomic mass is 32.4. The van der Waals surface area contributed by atoms with Crippen molar-refractivity contribution in [2.75, 3.05) is 12.3 Å². The van der Waals surface area contributed by atoms with Crippen LogP contribution in [0, 0.1) is 0 Å². The lowest BCUT2D eigenvalue weighted by molar-refractivity contribution is 0.586. The molecule has 0 saturated heterocycles. The Morgan fingerprint density at radius 2 is 0.806 bits per heavy atom. The average molecular weight is 461 g/mol. The molecule has 0 atom stereocenters. The van der Waals surface area contributed by atoms with Crippen LogP contribution in [0.3, 0.4) is 0 Å². The van der Waals surface area contributed by atoms with Crippen LogP contribution in [0.25, 0.3) is 0 Å². The Morgan fingerprint density at radius 1 is 0.484 bits per heavy atom. The number of benzene rings is 4. The van der Waals surface area contributed by atoms with Crippen molar-refractivity contribution in [3.8, 4) is 0 Å². The van der Waals surface area contributed by atoms with Crippen LogP contribution >= 0.6 is 13.2 Å². The Hall–Kier alpha value is -2.24. The van der Waals surface area contributed by atoms with Crippen LogP contribution in [-0.4, -0.2) is 12.3 Å². The van der Waals surface area contributed by atoms with Crippen LogP contribution in [0.1, 0.15) is 6.42 Å². The Bertz CT molecular complexity index is 1010. The van der Waals surface area contributed by atoms with E-state index in [0.717, 1.165) is 23.2 Å².